The number of ether oxygens (including phenoxy) is 1. The first-order valence-corrected chi connectivity index (χ1v) is 9.59. The lowest BCUT2D eigenvalue weighted by molar-refractivity contribution is -0.119. The number of thiophene rings is 1. The SMILES string of the molecule is COc1csc(-c2ccc(=O)n(C(C)C(=O)Nc3ccc(C(C)(F)F)cc3)n2)c1. The van der Waals surface area contributed by atoms with Gasteiger partial charge in [0.1, 0.15) is 17.5 Å². The smallest absolute Gasteiger partial charge is 0.270 e. The van der Waals surface area contributed by atoms with Crippen molar-refractivity contribution in [2.45, 2.75) is 25.8 Å². The number of benzene rings is 1. The number of nitrogens with one attached hydrogen (secondary N) is 1. The molecule has 0 spiro atoms. The normalized spacial score (nSPS) is 12.4. The van der Waals surface area contributed by atoms with Gasteiger partial charge < -0.3 is 10.1 Å². The standard InChI is InChI=1S/C20H19F2N3O3S/c1-12(19(27)23-14-6-4-13(5-7-14)20(2,21)22)25-18(26)9-8-16(24-25)17-10-15(28-3)11-29-17/h4-12H,1-3H3,(H,23,27). The average molecular weight is 419 g/mol. The Morgan fingerprint density at radius 1 is 1.24 bits per heavy atom. The molecule has 0 fully saturated rings. The highest BCUT2D eigenvalue weighted by Crippen LogP contribution is 2.30. The van der Waals surface area contributed by atoms with Gasteiger partial charge in [-0.25, -0.2) is 13.5 Å². The van der Waals surface area contributed by atoms with Crippen molar-refractivity contribution in [1.29, 1.82) is 0 Å². The largest absolute Gasteiger partial charge is 0.496 e. The number of nitrogens with zero attached hydrogens (tertiary/aromatic N) is 2. The number of hydrogen-bond acceptors (Lipinski definition) is 5. The number of methoxy groups -OCH3 is 1. The van der Waals surface area contributed by atoms with Crippen LogP contribution in [0.15, 0.2) is 52.6 Å². The van der Waals surface area contributed by atoms with Crippen molar-refractivity contribution in [2.24, 2.45) is 0 Å². The fourth-order valence-corrected chi connectivity index (χ4v) is 3.42. The Labute approximate surface area is 169 Å². The third-order valence-electron chi connectivity index (χ3n) is 4.29. The van der Waals surface area contributed by atoms with E-state index in [1.54, 1.807) is 19.2 Å². The Morgan fingerprint density at radius 2 is 1.93 bits per heavy atom. The molecule has 3 rings (SSSR count). The summed E-state index contributed by atoms with van der Waals surface area (Å²) in [5.74, 6) is -2.77. The Hall–Kier alpha value is -3.07. The van der Waals surface area contributed by atoms with Gasteiger partial charge in [0.25, 0.3) is 11.5 Å². The quantitative estimate of drug-likeness (QED) is 0.647. The van der Waals surface area contributed by atoms with Gasteiger partial charge >= 0.3 is 0 Å². The summed E-state index contributed by atoms with van der Waals surface area (Å²) in [6, 6.07) is 9.08. The number of hydrogen-bond donors (Lipinski definition) is 1. The van der Waals surface area contributed by atoms with Crippen LogP contribution in [-0.4, -0.2) is 22.8 Å². The minimum Gasteiger partial charge on any atom is -0.496 e. The number of anilines is 1. The molecule has 0 radical (unpaired) electrons. The van der Waals surface area contributed by atoms with Crippen molar-refractivity contribution in [3.8, 4) is 16.3 Å². The summed E-state index contributed by atoms with van der Waals surface area (Å²) in [4.78, 5) is 25.6. The molecule has 2 aromatic heterocycles. The van der Waals surface area contributed by atoms with Crippen LogP contribution in [0, 0.1) is 0 Å². The molecule has 1 unspecified atom stereocenters. The van der Waals surface area contributed by atoms with Crippen molar-refractivity contribution in [2.75, 3.05) is 12.4 Å². The van der Waals surface area contributed by atoms with Gasteiger partial charge in [-0.1, -0.05) is 12.1 Å². The lowest BCUT2D eigenvalue weighted by Crippen LogP contribution is -2.33. The molecule has 1 amide bonds. The van der Waals surface area contributed by atoms with E-state index in [9.17, 15) is 18.4 Å². The molecule has 29 heavy (non-hydrogen) atoms. The second-order valence-corrected chi connectivity index (χ2v) is 7.39. The van der Waals surface area contributed by atoms with Crippen molar-refractivity contribution in [3.05, 3.63) is 63.8 Å². The number of alkyl halides is 2. The maximum atomic E-state index is 13.3. The topological polar surface area (TPSA) is 73.2 Å². The highest BCUT2D eigenvalue weighted by Gasteiger charge is 2.24. The summed E-state index contributed by atoms with van der Waals surface area (Å²) in [7, 11) is 1.56. The maximum Gasteiger partial charge on any atom is 0.270 e. The first-order chi connectivity index (χ1) is 13.7. The molecular weight excluding hydrogens is 400 g/mol. The fourth-order valence-electron chi connectivity index (χ4n) is 2.60. The molecule has 0 saturated heterocycles. The molecule has 0 aliphatic rings. The first kappa shape index (κ1) is 20.7. The first-order valence-electron chi connectivity index (χ1n) is 8.71. The predicted molar refractivity (Wildman–Crippen MR) is 108 cm³/mol. The van der Waals surface area contributed by atoms with Gasteiger partial charge in [-0.2, -0.15) is 5.10 Å². The van der Waals surface area contributed by atoms with E-state index in [0.717, 1.165) is 16.5 Å². The van der Waals surface area contributed by atoms with Crippen LogP contribution in [0.3, 0.4) is 0 Å². The highest BCUT2D eigenvalue weighted by molar-refractivity contribution is 7.13. The Balaban J connectivity index is 1.80. The molecule has 3 aromatic rings. The number of amides is 1. The van der Waals surface area contributed by atoms with Gasteiger partial charge in [0, 0.05) is 35.7 Å². The summed E-state index contributed by atoms with van der Waals surface area (Å²) in [6.07, 6.45) is 0. The van der Waals surface area contributed by atoms with E-state index in [4.69, 9.17) is 4.74 Å². The minimum absolute atomic E-state index is 0.152. The molecule has 0 saturated carbocycles. The molecule has 6 nitrogen and oxygen atoms in total. The summed E-state index contributed by atoms with van der Waals surface area (Å²) < 4.78 is 32.9. The molecule has 1 atom stereocenters. The van der Waals surface area contributed by atoms with Gasteiger partial charge in [-0.15, -0.1) is 11.3 Å². The minimum atomic E-state index is -2.96. The fraction of sp³-hybridized carbons (Fsp3) is 0.250. The average Bonchev–Trinajstić information content (AvgIpc) is 3.17. The monoisotopic (exact) mass is 419 g/mol. The number of halogens is 2. The maximum absolute atomic E-state index is 13.3. The Morgan fingerprint density at radius 3 is 2.52 bits per heavy atom. The molecule has 152 valence electrons. The molecular formula is C20H19F2N3O3S. The summed E-state index contributed by atoms with van der Waals surface area (Å²) in [5.41, 5.74) is 0.301. The number of aromatic nitrogens is 2. The second-order valence-electron chi connectivity index (χ2n) is 6.48. The molecule has 0 bridgehead atoms. The van der Waals surface area contributed by atoms with Crippen LogP contribution >= 0.6 is 11.3 Å². The van der Waals surface area contributed by atoms with E-state index >= 15 is 0 Å². The van der Waals surface area contributed by atoms with Gasteiger partial charge in [0.05, 0.1) is 12.0 Å². The molecule has 0 aliphatic heterocycles. The lowest BCUT2D eigenvalue weighted by atomic mass is 10.1. The van der Waals surface area contributed by atoms with Gasteiger partial charge in [-0.05, 0) is 25.1 Å². The van der Waals surface area contributed by atoms with Crippen LogP contribution < -0.4 is 15.6 Å². The Bertz CT molecular complexity index is 1070. The van der Waals surface area contributed by atoms with Crippen molar-refractivity contribution in [1.82, 2.24) is 9.78 Å². The van der Waals surface area contributed by atoms with E-state index < -0.39 is 23.4 Å². The summed E-state index contributed by atoms with van der Waals surface area (Å²) in [5, 5.41) is 8.73. The van der Waals surface area contributed by atoms with E-state index in [1.165, 1.54) is 48.6 Å². The van der Waals surface area contributed by atoms with Crippen molar-refractivity contribution < 1.29 is 18.3 Å². The molecule has 1 N–H and O–H groups in total. The molecule has 2 heterocycles. The zero-order valence-corrected chi connectivity index (χ0v) is 16.8. The molecule has 1 aromatic carbocycles. The third-order valence-corrected chi connectivity index (χ3v) is 5.23. The second kappa shape index (κ2) is 8.12. The lowest BCUT2D eigenvalue weighted by Gasteiger charge is -2.15. The summed E-state index contributed by atoms with van der Waals surface area (Å²) in [6.45, 7) is 2.34. The van der Waals surface area contributed by atoms with Crippen LogP contribution in [0.1, 0.15) is 25.5 Å². The van der Waals surface area contributed by atoms with Crippen LogP contribution in [0.25, 0.3) is 10.6 Å². The third kappa shape index (κ3) is 4.68. The number of carbonyl (C=O) groups excluding carboxylic acids is 1. The van der Waals surface area contributed by atoms with Crippen LogP contribution in [0.4, 0.5) is 14.5 Å². The van der Waals surface area contributed by atoms with E-state index in [2.05, 4.69) is 10.4 Å². The van der Waals surface area contributed by atoms with Crippen LogP contribution in [0.5, 0.6) is 5.75 Å². The number of carbonyl (C=O) groups is 1. The van der Waals surface area contributed by atoms with Crippen LogP contribution in [0.2, 0.25) is 0 Å². The molecule has 0 aliphatic carbocycles. The van der Waals surface area contributed by atoms with Gasteiger partial charge in [0.2, 0.25) is 5.91 Å². The Kier molecular flexibility index (Phi) is 5.78. The zero-order chi connectivity index (χ0) is 21.2. The van der Waals surface area contributed by atoms with Crippen molar-refractivity contribution >= 4 is 22.9 Å². The van der Waals surface area contributed by atoms with Crippen LogP contribution in [-0.2, 0) is 10.7 Å². The predicted octanol–water partition coefficient (Wildman–Crippen LogP) is 4.29. The van der Waals surface area contributed by atoms with E-state index in [-0.39, 0.29) is 5.56 Å². The van der Waals surface area contributed by atoms with E-state index in [0.29, 0.717) is 17.1 Å². The zero-order valence-electron chi connectivity index (χ0n) is 16.0. The highest BCUT2D eigenvalue weighted by atomic mass is 32.1. The van der Waals surface area contributed by atoms with E-state index in [1.807, 2.05) is 5.38 Å². The molecule has 9 heteroatoms. The van der Waals surface area contributed by atoms with Crippen molar-refractivity contribution in [3.63, 3.8) is 0 Å². The van der Waals surface area contributed by atoms with Gasteiger partial charge in [0.15, 0.2) is 0 Å². The number of rotatable bonds is 6. The van der Waals surface area contributed by atoms with Gasteiger partial charge in [-0.3, -0.25) is 9.59 Å². The summed E-state index contributed by atoms with van der Waals surface area (Å²) >= 11 is 1.40.